The van der Waals surface area contributed by atoms with Gasteiger partial charge in [-0.25, -0.2) is 4.98 Å². The van der Waals surface area contributed by atoms with Gasteiger partial charge in [0, 0.05) is 12.6 Å². The molecule has 1 N–H and O–H groups in total. The molecule has 3 rings (SSSR count). The number of carbonyl (C=O) groups is 1. The quantitative estimate of drug-likeness (QED) is 0.887. The van der Waals surface area contributed by atoms with Crippen molar-refractivity contribution in [2.75, 3.05) is 5.32 Å². The van der Waals surface area contributed by atoms with Crippen LogP contribution in [0.1, 0.15) is 37.7 Å². The number of anilines is 1. The Bertz CT molecular complexity index is 458. The number of nitrogens with one attached hydrogen (secondary N) is 1. The first-order valence-electron chi connectivity index (χ1n) is 6.93. The number of rotatable bonds is 3. The van der Waals surface area contributed by atoms with Gasteiger partial charge in [0.1, 0.15) is 5.82 Å². The lowest BCUT2D eigenvalue weighted by Crippen LogP contribution is -2.20. The van der Waals surface area contributed by atoms with Crippen molar-refractivity contribution in [2.45, 2.75) is 39.0 Å². The smallest absolute Gasteiger partial charge is 0.225 e. The minimum absolute atomic E-state index is 0.130. The molecule has 0 aromatic carbocycles. The van der Waals surface area contributed by atoms with Gasteiger partial charge in [-0.15, -0.1) is 0 Å². The minimum atomic E-state index is 0.130. The lowest BCUT2D eigenvalue weighted by molar-refractivity contribution is -0.117. The Morgan fingerprint density at radius 3 is 3.00 bits per heavy atom. The van der Waals surface area contributed by atoms with Crippen molar-refractivity contribution in [1.29, 1.82) is 0 Å². The van der Waals surface area contributed by atoms with Crippen molar-refractivity contribution in [2.24, 2.45) is 17.8 Å². The summed E-state index contributed by atoms with van der Waals surface area (Å²) < 4.78 is 0. The molecule has 2 aliphatic carbocycles. The number of aromatic nitrogens is 1. The predicted molar refractivity (Wildman–Crippen MR) is 71.2 cm³/mol. The van der Waals surface area contributed by atoms with E-state index < -0.39 is 0 Å². The Morgan fingerprint density at radius 2 is 2.33 bits per heavy atom. The molecule has 96 valence electrons. The number of amides is 1. The molecular weight excluding hydrogens is 224 g/mol. The Hall–Kier alpha value is -1.38. The van der Waals surface area contributed by atoms with Gasteiger partial charge >= 0.3 is 0 Å². The van der Waals surface area contributed by atoms with Gasteiger partial charge in [-0.1, -0.05) is 6.42 Å². The van der Waals surface area contributed by atoms with Crippen LogP contribution in [0.3, 0.4) is 0 Å². The summed E-state index contributed by atoms with van der Waals surface area (Å²) in [5, 5.41) is 2.92. The van der Waals surface area contributed by atoms with E-state index in [2.05, 4.69) is 10.3 Å². The van der Waals surface area contributed by atoms with Crippen molar-refractivity contribution in [1.82, 2.24) is 4.98 Å². The van der Waals surface area contributed by atoms with Crippen LogP contribution in [0.15, 0.2) is 18.3 Å². The molecule has 2 bridgehead atoms. The summed E-state index contributed by atoms with van der Waals surface area (Å²) in [7, 11) is 0. The highest BCUT2D eigenvalue weighted by molar-refractivity contribution is 5.90. The maximum absolute atomic E-state index is 12.0. The molecule has 1 aromatic rings. The van der Waals surface area contributed by atoms with Gasteiger partial charge in [-0.2, -0.15) is 0 Å². The number of nitrogens with zero attached hydrogens (tertiary/aromatic N) is 1. The molecule has 3 nitrogen and oxygen atoms in total. The maximum atomic E-state index is 12.0. The Labute approximate surface area is 108 Å². The number of carbonyl (C=O) groups excluding carboxylic acids is 1. The molecule has 18 heavy (non-hydrogen) atoms. The van der Waals surface area contributed by atoms with E-state index in [1.807, 2.05) is 19.1 Å². The van der Waals surface area contributed by atoms with Crippen LogP contribution in [0.5, 0.6) is 0 Å². The number of hydrogen-bond donors (Lipinski definition) is 1. The Morgan fingerprint density at radius 1 is 1.44 bits per heavy atom. The Kier molecular flexibility index (Phi) is 3.06. The monoisotopic (exact) mass is 244 g/mol. The van der Waals surface area contributed by atoms with Gasteiger partial charge in [0.2, 0.25) is 5.91 Å². The zero-order chi connectivity index (χ0) is 12.5. The first-order valence-corrected chi connectivity index (χ1v) is 6.93. The third-order valence-corrected chi connectivity index (χ3v) is 4.52. The second kappa shape index (κ2) is 4.71. The summed E-state index contributed by atoms with van der Waals surface area (Å²) in [6.07, 6.45) is 7.77. The average molecular weight is 244 g/mol. The zero-order valence-corrected chi connectivity index (χ0v) is 10.9. The van der Waals surface area contributed by atoms with Crippen LogP contribution < -0.4 is 5.32 Å². The van der Waals surface area contributed by atoms with E-state index in [1.165, 1.54) is 25.7 Å². The second-order valence-corrected chi connectivity index (χ2v) is 5.91. The fraction of sp³-hybridized carbons (Fsp3) is 0.600. The fourth-order valence-electron chi connectivity index (χ4n) is 3.66. The van der Waals surface area contributed by atoms with Crippen LogP contribution in [0, 0.1) is 24.7 Å². The van der Waals surface area contributed by atoms with Gasteiger partial charge in [0.15, 0.2) is 0 Å². The van der Waals surface area contributed by atoms with Crippen LogP contribution in [0.4, 0.5) is 5.82 Å². The van der Waals surface area contributed by atoms with Crippen molar-refractivity contribution < 1.29 is 4.79 Å². The molecule has 1 heterocycles. The summed E-state index contributed by atoms with van der Waals surface area (Å²) in [5.41, 5.74) is 1.13. The summed E-state index contributed by atoms with van der Waals surface area (Å²) >= 11 is 0. The fourth-order valence-corrected chi connectivity index (χ4v) is 3.66. The minimum Gasteiger partial charge on any atom is -0.311 e. The molecule has 0 aliphatic heterocycles. The van der Waals surface area contributed by atoms with E-state index in [4.69, 9.17) is 0 Å². The van der Waals surface area contributed by atoms with E-state index in [1.54, 1.807) is 6.20 Å². The lowest BCUT2D eigenvalue weighted by Gasteiger charge is -2.20. The molecule has 0 radical (unpaired) electrons. The number of aryl methyl sites for hydroxylation is 1. The highest BCUT2D eigenvalue weighted by Crippen LogP contribution is 2.49. The van der Waals surface area contributed by atoms with Crippen molar-refractivity contribution in [3.8, 4) is 0 Å². The Balaban J connectivity index is 1.56. The lowest BCUT2D eigenvalue weighted by atomic mass is 9.86. The predicted octanol–water partition coefficient (Wildman–Crippen LogP) is 3.15. The van der Waals surface area contributed by atoms with Crippen LogP contribution in [-0.4, -0.2) is 10.9 Å². The largest absolute Gasteiger partial charge is 0.311 e. The van der Waals surface area contributed by atoms with Crippen molar-refractivity contribution in [3.63, 3.8) is 0 Å². The van der Waals surface area contributed by atoms with Crippen molar-refractivity contribution >= 4 is 11.7 Å². The number of fused-ring (bicyclic) bond motifs is 2. The molecule has 3 unspecified atom stereocenters. The van der Waals surface area contributed by atoms with Gasteiger partial charge in [0.05, 0.1) is 0 Å². The molecule has 0 saturated heterocycles. The molecule has 3 heteroatoms. The summed E-state index contributed by atoms with van der Waals surface area (Å²) in [5.74, 6) is 3.15. The van der Waals surface area contributed by atoms with Crippen LogP contribution in [0.25, 0.3) is 0 Å². The van der Waals surface area contributed by atoms with E-state index in [-0.39, 0.29) is 5.91 Å². The molecule has 3 atom stereocenters. The first kappa shape index (κ1) is 11.7. The summed E-state index contributed by atoms with van der Waals surface area (Å²) in [4.78, 5) is 16.2. The van der Waals surface area contributed by atoms with Crippen molar-refractivity contribution in [3.05, 3.63) is 23.9 Å². The van der Waals surface area contributed by atoms with E-state index in [0.717, 1.165) is 17.4 Å². The van der Waals surface area contributed by atoms with Crippen LogP contribution >= 0.6 is 0 Å². The topological polar surface area (TPSA) is 42.0 Å². The van der Waals surface area contributed by atoms with Gasteiger partial charge < -0.3 is 5.32 Å². The number of hydrogen-bond acceptors (Lipinski definition) is 2. The average Bonchev–Trinajstić information content (AvgIpc) is 2.90. The zero-order valence-electron chi connectivity index (χ0n) is 10.9. The molecule has 2 fully saturated rings. The summed E-state index contributed by atoms with van der Waals surface area (Å²) in [6.45, 7) is 2.01. The molecule has 2 aliphatic rings. The highest BCUT2D eigenvalue weighted by atomic mass is 16.1. The summed E-state index contributed by atoms with van der Waals surface area (Å²) in [6, 6.07) is 3.85. The molecule has 1 amide bonds. The molecule has 1 aromatic heterocycles. The highest BCUT2D eigenvalue weighted by Gasteiger charge is 2.40. The molecule has 2 saturated carbocycles. The van der Waals surface area contributed by atoms with E-state index in [0.29, 0.717) is 18.2 Å². The molecular formula is C15H20N2O. The van der Waals surface area contributed by atoms with Crippen LogP contribution in [-0.2, 0) is 4.79 Å². The van der Waals surface area contributed by atoms with Gasteiger partial charge in [-0.3, -0.25) is 4.79 Å². The first-order chi connectivity index (χ1) is 8.70. The SMILES string of the molecule is Cc1ccnc(NC(=O)CC2CC3CCC2C3)c1. The third kappa shape index (κ3) is 2.40. The molecule has 0 spiro atoms. The maximum Gasteiger partial charge on any atom is 0.225 e. The van der Waals surface area contributed by atoms with Gasteiger partial charge in [0.25, 0.3) is 0 Å². The normalized spacial score (nSPS) is 29.5. The third-order valence-electron chi connectivity index (χ3n) is 4.52. The van der Waals surface area contributed by atoms with E-state index in [9.17, 15) is 4.79 Å². The number of pyridine rings is 1. The second-order valence-electron chi connectivity index (χ2n) is 5.91. The standard InChI is InChI=1S/C15H20N2O/c1-10-4-5-16-14(6-10)17-15(18)9-13-8-11-2-3-12(13)7-11/h4-6,11-13H,2-3,7-9H2,1H3,(H,16,17,18). The van der Waals surface area contributed by atoms with Gasteiger partial charge in [-0.05, 0) is 61.6 Å². The van der Waals surface area contributed by atoms with E-state index >= 15 is 0 Å². The van der Waals surface area contributed by atoms with Crippen LogP contribution in [0.2, 0.25) is 0 Å².